The number of nitrogens with zero attached hydrogens (tertiary/aromatic N) is 3. The van der Waals surface area contributed by atoms with Crippen molar-refractivity contribution in [2.24, 2.45) is 0 Å². The number of ether oxygens (including phenoxy) is 1. The third-order valence-corrected chi connectivity index (χ3v) is 6.61. The fourth-order valence-electron chi connectivity index (χ4n) is 4.06. The van der Waals surface area contributed by atoms with Crippen LogP contribution in [0.1, 0.15) is 41.8 Å². The first-order valence-corrected chi connectivity index (χ1v) is 10.4. The van der Waals surface area contributed by atoms with Crippen molar-refractivity contribution in [1.82, 2.24) is 20.1 Å². The number of piperidine rings is 1. The Kier molecular flexibility index (Phi) is 5.52. The Morgan fingerprint density at radius 2 is 2.08 bits per heavy atom. The van der Waals surface area contributed by atoms with E-state index in [1.165, 1.54) is 30.6 Å². The number of amides is 2. The molecule has 1 aliphatic carbocycles. The normalized spacial score (nSPS) is 25.9. The monoisotopic (exact) mass is 378 g/mol. The van der Waals surface area contributed by atoms with Crippen LogP contribution in [0, 0.1) is 0 Å². The summed E-state index contributed by atoms with van der Waals surface area (Å²) in [4.78, 5) is 33.5. The van der Waals surface area contributed by atoms with E-state index in [2.05, 4.69) is 15.2 Å². The van der Waals surface area contributed by atoms with Gasteiger partial charge in [-0.3, -0.25) is 14.6 Å². The molecule has 0 bridgehead atoms. The summed E-state index contributed by atoms with van der Waals surface area (Å²) in [7, 11) is 0. The van der Waals surface area contributed by atoms with Crippen molar-refractivity contribution in [3.05, 3.63) is 16.6 Å². The predicted octanol–water partition coefficient (Wildman–Crippen LogP) is 1.12. The fourth-order valence-corrected chi connectivity index (χ4v) is 4.59. The highest BCUT2D eigenvalue weighted by atomic mass is 32.1. The Morgan fingerprint density at radius 3 is 2.73 bits per heavy atom. The molecule has 8 heteroatoms. The van der Waals surface area contributed by atoms with Gasteiger partial charge >= 0.3 is 0 Å². The number of thiazole rings is 1. The molecule has 2 aliphatic heterocycles. The van der Waals surface area contributed by atoms with Gasteiger partial charge in [-0.2, -0.15) is 0 Å². The van der Waals surface area contributed by atoms with Gasteiger partial charge in [-0.05, 0) is 25.7 Å². The average molecular weight is 378 g/mol. The molecule has 0 radical (unpaired) electrons. The van der Waals surface area contributed by atoms with Crippen molar-refractivity contribution >= 4 is 23.2 Å². The zero-order valence-electron chi connectivity index (χ0n) is 14.9. The zero-order valence-corrected chi connectivity index (χ0v) is 15.7. The summed E-state index contributed by atoms with van der Waals surface area (Å²) in [5, 5.41) is 2.89. The molecule has 1 aromatic rings. The maximum absolute atomic E-state index is 12.3. The number of hydrogen-bond acceptors (Lipinski definition) is 6. The summed E-state index contributed by atoms with van der Waals surface area (Å²) in [6.07, 6.45) is 7.54. The zero-order chi connectivity index (χ0) is 17.9. The second kappa shape index (κ2) is 8.02. The second-order valence-corrected chi connectivity index (χ2v) is 8.29. The Hall–Kier alpha value is -1.51. The molecular formula is C18H26N4O3S. The number of carbonyl (C=O) groups excluding carboxylic acids is 2. The molecule has 2 amide bonds. The van der Waals surface area contributed by atoms with Crippen LogP contribution in [0.3, 0.4) is 0 Å². The number of morpholine rings is 1. The van der Waals surface area contributed by atoms with Gasteiger partial charge in [0.1, 0.15) is 11.5 Å². The average Bonchev–Trinajstić information content (AvgIpc) is 3.15. The quantitative estimate of drug-likeness (QED) is 0.831. The lowest BCUT2D eigenvalue weighted by molar-refractivity contribution is -0.153. The minimum atomic E-state index is -0.144. The Morgan fingerprint density at radius 1 is 1.27 bits per heavy atom. The number of likely N-dealkylation sites (tertiary alicyclic amines) is 1. The van der Waals surface area contributed by atoms with Crippen molar-refractivity contribution in [2.75, 3.05) is 32.8 Å². The number of carbonyl (C=O) groups is 2. The maximum Gasteiger partial charge on any atom is 0.263 e. The molecule has 0 unspecified atom stereocenters. The van der Waals surface area contributed by atoms with Crippen molar-refractivity contribution in [3.63, 3.8) is 0 Å². The van der Waals surface area contributed by atoms with E-state index < -0.39 is 0 Å². The molecule has 0 aromatic carbocycles. The minimum absolute atomic E-state index is 0.0807. The topological polar surface area (TPSA) is 74.8 Å². The molecular weight excluding hydrogens is 352 g/mol. The summed E-state index contributed by atoms with van der Waals surface area (Å²) in [5.74, 6) is -0.0505. The summed E-state index contributed by atoms with van der Waals surface area (Å²) in [5.41, 5.74) is 1.64. The largest absolute Gasteiger partial charge is 0.365 e. The summed E-state index contributed by atoms with van der Waals surface area (Å²) in [6, 6.07) is 1.09. The van der Waals surface area contributed by atoms with E-state index in [0.29, 0.717) is 24.0 Å². The lowest BCUT2D eigenvalue weighted by Crippen LogP contribution is -2.57. The first-order chi connectivity index (χ1) is 12.7. The Bertz CT molecular complexity index is 626. The second-order valence-electron chi connectivity index (χ2n) is 7.41. The lowest BCUT2D eigenvalue weighted by atomic mass is 9.89. The molecule has 1 atom stereocenters. The highest BCUT2D eigenvalue weighted by Gasteiger charge is 2.35. The van der Waals surface area contributed by atoms with E-state index in [1.807, 2.05) is 4.90 Å². The Labute approximate surface area is 157 Å². The maximum atomic E-state index is 12.3. The molecule has 26 heavy (non-hydrogen) atoms. The van der Waals surface area contributed by atoms with Gasteiger partial charge in [0.25, 0.3) is 5.91 Å². The van der Waals surface area contributed by atoms with Gasteiger partial charge in [0.05, 0.1) is 17.8 Å². The van der Waals surface area contributed by atoms with Gasteiger partial charge in [0, 0.05) is 38.3 Å². The van der Waals surface area contributed by atoms with Gasteiger partial charge in [0.15, 0.2) is 0 Å². The number of hydrogen-bond donors (Lipinski definition) is 1. The third-order valence-electron chi connectivity index (χ3n) is 5.84. The van der Waals surface area contributed by atoms with Crippen molar-refractivity contribution in [1.29, 1.82) is 0 Å². The van der Waals surface area contributed by atoms with E-state index in [1.54, 1.807) is 11.7 Å². The number of nitrogens with one attached hydrogen (secondary N) is 1. The van der Waals surface area contributed by atoms with E-state index in [0.717, 1.165) is 32.0 Å². The molecule has 142 valence electrons. The molecule has 7 nitrogen and oxygen atoms in total. The SMILES string of the molecule is O=C(NC[C@H]1CN(C2CCN(C3CCC3)CC2)C(=O)CO1)c1cncs1. The molecule has 3 aliphatic rings. The smallest absolute Gasteiger partial charge is 0.263 e. The van der Waals surface area contributed by atoms with Crippen LogP contribution in [0.4, 0.5) is 0 Å². The number of aromatic nitrogens is 1. The van der Waals surface area contributed by atoms with Crippen LogP contribution in [0.2, 0.25) is 0 Å². The van der Waals surface area contributed by atoms with Crippen LogP contribution >= 0.6 is 11.3 Å². The molecule has 2 saturated heterocycles. The number of rotatable bonds is 5. The van der Waals surface area contributed by atoms with Crippen LogP contribution < -0.4 is 5.32 Å². The van der Waals surface area contributed by atoms with Crippen molar-refractivity contribution in [3.8, 4) is 0 Å². The van der Waals surface area contributed by atoms with Crippen molar-refractivity contribution < 1.29 is 14.3 Å². The summed E-state index contributed by atoms with van der Waals surface area (Å²) in [6.45, 7) is 3.28. The summed E-state index contributed by atoms with van der Waals surface area (Å²) >= 11 is 1.32. The van der Waals surface area contributed by atoms with Crippen LogP contribution in [-0.4, -0.2) is 77.6 Å². The predicted molar refractivity (Wildman–Crippen MR) is 98.1 cm³/mol. The highest BCUT2D eigenvalue weighted by Crippen LogP contribution is 2.29. The molecule has 1 N–H and O–H groups in total. The van der Waals surface area contributed by atoms with Gasteiger partial charge < -0.3 is 19.9 Å². The van der Waals surface area contributed by atoms with Crippen LogP contribution in [0.15, 0.2) is 11.7 Å². The summed E-state index contributed by atoms with van der Waals surface area (Å²) < 4.78 is 5.64. The molecule has 3 fully saturated rings. The van der Waals surface area contributed by atoms with Gasteiger partial charge in [0.2, 0.25) is 5.91 Å². The van der Waals surface area contributed by atoms with Gasteiger partial charge in [-0.1, -0.05) is 6.42 Å². The molecule has 3 heterocycles. The lowest BCUT2D eigenvalue weighted by Gasteiger charge is -2.45. The van der Waals surface area contributed by atoms with E-state index >= 15 is 0 Å². The van der Waals surface area contributed by atoms with Crippen LogP contribution in [-0.2, 0) is 9.53 Å². The molecule has 1 saturated carbocycles. The molecule has 4 rings (SSSR count). The standard InChI is InChI=1S/C18H26N4O3S/c23-17-11-25-15(8-20-18(24)16-9-19-12-26-16)10-22(17)14-4-6-21(7-5-14)13-2-1-3-13/h9,12-15H,1-8,10-11H2,(H,20,24)/t15-/m0/s1. The fraction of sp³-hybridized carbons (Fsp3) is 0.722. The van der Waals surface area contributed by atoms with E-state index in [9.17, 15) is 9.59 Å². The van der Waals surface area contributed by atoms with E-state index in [4.69, 9.17) is 4.74 Å². The van der Waals surface area contributed by atoms with Crippen LogP contribution in [0.5, 0.6) is 0 Å². The first-order valence-electron chi connectivity index (χ1n) is 9.52. The van der Waals surface area contributed by atoms with Gasteiger partial charge in [-0.15, -0.1) is 11.3 Å². The molecule has 0 spiro atoms. The first kappa shape index (κ1) is 17.9. The van der Waals surface area contributed by atoms with Gasteiger partial charge in [-0.25, -0.2) is 0 Å². The van der Waals surface area contributed by atoms with Crippen LogP contribution in [0.25, 0.3) is 0 Å². The highest BCUT2D eigenvalue weighted by molar-refractivity contribution is 7.11. The van der Waals surface area contributed by atoms with E-state index in [-0.39, 0.29) is 24.5 Å². The Balaban J connectivity index is 1.26. The third kappa shape index (κ3) is 3.92. The van der Waals surface area contributed by atoms with Crippen molar-refractivity contribution in [2.45, 2.75) is 50.3 Å². The molecule has 1 aromatic heterocycles. The minimum Gasteiger partial charge on any atom is -0.365 e.